The summed E-state index contributed by atoms with van der Waals surface area (Å²) in [5.74, 6) is -0.354. The maximum atomic E-state index is 11.6. The third-order valence-corrected chi connectivity index (χ3v) is 3.84. The van der Waals surface area contributed by atoms with Gasteiger partial charge in [0.25, 0.3) is 0 Å². The van der Waals surface area contributed by atoms with Crippen molar-refractivity contribution < 1.29 is 13.2 Å². The third-order valence-electron chi connectivity index (χ3n) is 2.58. The minimum absolute atomic E-state index is 0.186. The fourth-order valence-corrected chi connectivity index (χ4v) is 1.70. The van der Waals surface area contributed by atoms with Crippen molar-refractivity contribution in [3.63, 3.8) is 0 Å². The molecular weight excluding hydrogens is 252 g/mol. The molecule has 1 N–H and O–H groups in total. The van der Waals surface area contributed by atoms with Crippen molar-refractivity contribution in [2.24, 2.45) is 0 Å². The maximum Gasteiger partial charge on any atom is 0.239 e. The molecule has 0 heterocycles. The Bertz CT molecular complexity index is 509. The first-order valence-electron chi connectivity index (χ1n) is 5.63. The van der Waals surface area contributed by atoms with Gasteiger partial charge in [0.15, 0.2) is 0 Å². The number of hydrogen-bond donors (Lipinski definition) is 1. The van der Waals surface area contributed by atoms with Crippen molar-refractivity contribution in [1.82, 2.24) is 4.31 Å². The average Bonchev–Trinajstić information content (AvgIpc) is 2.28. The Morgan fingerprint density at radius 3 is 2.28 bits per heavy atom. The van der Waals surface area contributed by atoms with E-state index in [1.807, 2.05) is 12.1 Å². The van der Waals surface area contributed by atoms with Crippen molar-refractivity contribution in [3.05, 3.63) is 29.8 Å². The van der Waals surface area contributed by atoms with E-state index in [9.17, 15) is 13.2 Å². The predicted octanol–water partition coefficient (Wildman–Crippen LogP) is 1.08. The van der Waals surface area contributed by atoms with Crippen molar-refractivity contribution in [2.45, 2.75) is 13.3 Å². The van der Waals surface area contributed by atoms with Gasteiger partial charge in [0.05, 0.1) is 12.8 Å². The first-order chi connectivity index (χ1) is 8.32. The van der Waals surface area contributed by atoms with Gasteiger partial charge >= 0.3 is 0 Å². The van der Waals surface area contributed by atoms with Gasteiger partial charge in [-0.25, -0.2) is 8.42 Å². The summed E-state index contributed by atoms with van der Waals surface area (Å²) in [7, 11) is -1.96. The van der Waals surface area contributed by atoms with Crippen LogP contribution in [0.1, 0.15) is 12.5 Å². The van der Waals surface area contributed by atoms with E-state index in [1.165, 1.54) is 12.6 Å². The second-order valence-corrected chi connectivity index (χ2v) is 6.21. The number of nitrogens with one attached hydrogen (secondary N) is 1. The summed E-state index contributed by atoms with van der Waals surface area (Å²) < 4.78 is 23.3. The first kappa shape index (κ1) is 14.7. The van der Waals surface area contributed by atoms with Gasteiger partial charge in [-0.05, 0) is 24.1 Å². The number of aryl methyl sites for hydroxylation is 1. The van der Waals surface area contributed by atoms with Gasteiger partial charge in [0.2, 0.25) is 15.9 Å². The van der Waals surface area contributed by atoms with Crippen LogP contribution in [-0.2, 0) is 21.2 Å². The van der Waals surface area contributed by atoms with Crippen LogP contribution in [0.5, 0.6) is 0 Å². The van der Waals surface area contributed by atoms with Gasteiger partial charge in [-0.1, -0.05) is 19.1 Å². The van der Waals surface area contributed by atoms with E-state index < -0.39 is 10.0 Å². The minimum Gasteiger partial charge on any atom is -0.325 e. The number of hydrogen-bond acceptors (Lipinski definition) is 3. The van der Waals surface area contributed by atoms with Crippen molar-refractivity contribution in [1.29, 1.82) is 0 Å². The van der Waals surface area contributed by atoms with Crippen LogP contribution in [0.4, 0.5) is 5.69 Å². The molecule has 0 bridgehead atoms. The molecule has 100 valence electrons. The number of amides is 1. The van der Waals surface area contributed by atoms with Crippen LogP contribution >= 0.6 is 0 Å². The van der Waals surface area contributed by atoms with Crippen LogP contribution in [-0.4, -0.2) is 38.5 Å². The molecule has 0 aliphatic carbocycles. The quantitative estimate of drug-likeness (QED) is 0.870. The average molecular weight is 270 g/mol. The molecule has 0 aromatic heterocycles. The SMILES string of the molecule is CCc1ccc(NC(=O)CN(C)S(C)(=O)=O)cc1. The Morgan fingerprint density at radius 1 is 1.28 bits per heavy atom. The van der Waals surface area contributed by atoms with Crippen LogP contribution in [0.3, 0.4) is 0 Å². The fourth-order valence-electron chi connectivity index (χ4n) is 1.34. The van der Waals surface area contributed by atoms with E-state index in [4.69, 9.17) is 0 Å². The highest BCUT2D eigenvalue weighted by Gasteiger charge is 2.14. The molecule has 0 aliphatic rings. The van der Waals surface area contributed by atoms with E-state index in [1.54, 1.807) is 12.1 Å². The summed E-state index contributed by atoms with van der Waals surface area (Å²) in [4.78, 5) is 11.6. The van der Waals surface area contributed by atoms with E-state index >= 15 is 0 Å². The zero-order valence-electron chi connectivity index (χ0n) is 10.8. The molecule has 6 heteroatoms. The number of rotatable bonds is 5. The lowest BCUT2D eigenvalue weighted by Gasteiger charge is -2.13. The molecule has 1 aromatic rings. The van der Waals surface area contributed by atoms with Crippen molar-refractivity contribution >= 4 is 21.6 Å². The number of sulfonamides is 1. The van der Waals surface area contributed by atoms with Crippen molar-refractivity contribution in [3.8, 4) is 0 Å². The van der Waals surface area contributed by atoms with E-state index in [0.29, 0.717) is 5.69 Å². The maximum absolute atomic E-state index is 11.6. The molecule has 18 heavy (non-hydrogen) atoms. The highest BCUT2D eigenvalue weighted by atomic mass is 32.2. The number of carbonyl (C=O) groups excluding carboxylic acids is 1. The Kier molecular flexibility index (Phi) is 4.86. The minimum atomic E-state index is -3.33. The summed E-state index contributed by atoms with van der Waals surface area (Å²) in [6, 6.07) is 7.46. The molecule has 0 unspecified atom stereocenters. The molecule has 5 nitrogen and oxygen atoms in total. The fraction of sp³-hybridized carbons (Fsp3) is 0.417. The lowest BCUT2D eigenvalue weighted by molar-refractivity contribution is -0.116. The normalized spacial score (nSPS) is 11.6. The van der Waals surface area contributed by atoms with Gasteiger partial charge in [-0.2, -0.15) is 4.31 Å². The van der Waals surface area contributed by atoms with Crippen molar-refractivity contribution in [2.75, 3.05) is 25.2 Å². The Labute approximate surface area is 108 Å². The molecule has 1 aromatic carbocycles. The number of anilines is 1. The van der Waals surface area contributed by atoms with E-state index in [2.05, 4.69) is 12.2 Å². The number of benzene rings is 1. The monoisotopic (exact) mass is 270 g/mol. The summed E-state index contributed by atoms with van der Waals surface area (Å²) in [6.07, 6.45) is 2.00. The molecular formula is C12H18N2O3S. The summed E-state index contributed by atoms with van der Waals surface area (Å²) in [6.45, 7) is 1.86. The number of likely N-dealkylation sites (N-methyl/N-ethyl adjacent to an activating group) is 1. The van der Waals surface area contributed by atoms with Crippen LogP contribution < -0.4 is 5.32 Å². The van der Waals surface area contributed by atoms with E-state index in [-0.39, 0.29) is 12.5 Å². The summed E-state index contributed by atoms with van der Waals surface area (Å²) >= 11 is 0. The molecule has 0 aliphatic heterocycles. The highest BCUT2D eigenvalue weighted by molar-refractivity contribution is 7.88. The molecule has 1 amide bonds. The third kappa shape index (κ3) is 4.46. The number of nitrogens with zero attached hydrogens (tertiary/aromatic N) is 1. The first-order valence-corrected chi connectivity index (χ1v) is 7.48. The second kappa shape index (κ2) is 5.97. The van der Waals surface area contributed by atoms with Gasteiger partial charge in [-0.3, -0.25) is 4.79 Å². The summed E-state index contributed by atoms with van der Waals surface area (Å²) in [5.41, 5.74) is 1.85. The lowest BCUT2D eigenvalue weighted by atomic mass is 10.1. The Morgan fingerprint density at radius 2 is 1.83 bits per heavy atom. The zero-order valence-corrected chi connectivity index (χ0v) is 11.6. The van der Waals surface area contributed by atoms with Crippen LogP contribution in [0.25, 0.3) is 0 Å². The van der Waals surface area contributed by atoms with Crippen LogP contribution in [0.15, 0.2) is 24.3 Å². The predicted molar refractivity (Wildman–Crippen MR) is 71.9 cm³/mol. The molecule has 0 radical (unpaired) electrons. The molecule has 0 spiro atoms. The lowest BCUT2D eigenvalue weighted by Crippen LogP contribution is -2.34. The van der Waals surface area contributed by atoms with Crippen LogP contribution in [0.2, 0.25) is 0 Å². The second-order valence-electron chi connectivity index (χ2n) is 4.12. The van der Waals surface area contributed by atoms with Gasteiger partial charge in [-0.15, -0.1) is 0 Å². The smallest absolute Gasteiger partial charge is 0.239 e. The Balaban J connectivity index is 2.59. The van der Waals surface area contributed by atoms with E-state index in [0.717, 1.165) is 17.0 Å². The molecule has 1 rings (SSSR count). The molecule has 0 fully saturated rings. The molecule has 0 saturated carbocycles. The van der Waals surface area contributed by atoms with Gasteiger partial charge in [0.1, 0.15) is 0 Å². The largest absolute Gasteiger partial charge is 0.325 e. The standard InChI is InChI=1S/C12H18N2O3S/c1-4-10-5-7-11(8-6-10)13-12(15)9-14(2)18(3,16)17/h5-8H,4,9H2,1-3H3,(H,13,15). The zero-order chi connectivity index (χ0) is 13.8. The Hall–Kier alpha value is -1.40. The van der Waals surface area contributed by atoms with Gasteiger partial charge < -0.3 is 5.32 Å². The molecule has 0 saturated heterocycles. The van der Waals surface area contributed by atoms with Gasteiger partial charge in [0, 0.05) is 12.7 Å². The van der Waals surface area contributed by atoms with Crippen LogP contribution in [0, 0.1) is 0 Å². The summed E-state index contributed by atoms with van der Waals surface area (Å²) in [5, 5.41) is 2.65. The topological polar surface area (TPSA) is 66.5 Å². The molecule has 0 atom stereocenters. The highest BCUT2D eigenvalue weighted by Crippen LogP contribution is 2.10. The number of carbonyl (C=O) groups is 1.